The lowest BCUT2D eigenvalue weighted by atomic mass is 10.1. The summed E-state index contributed by atoms with van der Waals surface area (Å²) in [6.45, 7) is 8.29. The molecule has 2 aromatic heterocycles. The highest BCUT2D eigenvalue weighted by Gasteiger charge is 2.11. The molecule has 0 aliphatic heterocycles. The number of pyridine rings is 1. The Labute approximate surface area is 176 Å². The molecule has 8 nitrogen and oxygen atoms in total. The third-order valence-corrected chi connectivity index (χ3v) is 4.89. The van der Waals surface area contributed by atoms with Crippen LogP contribution in [0.15, 0.2) is 42.7 Å². The van der Waals surface area contributed by atoms with Crippen LogP contribution < -0.4 is 16.0 Å². The molecule has 1 aromatic carbocycles. The van der Waals surface area contributed by atoms with Gasteiger partial charge in [-0.25, -0.2) is 14.5 Å². The molecule has 0 aliphatic rings. The fraction of sp³-hybridized carbons (Fsp3) is 0.364. The molecule has 8 heteroatoms. The molecule has 0 saturated heterocycles. The van der Waals surface area contributed by atoms with Crippen molar-refractivity contribution in [1.82, 2.24) is 20.1 Å². The summed E-state index contributed by atoms with van der Waals surface area (Å²) in [7, 11) is 0. The number of carbonyl (C=O) groups excluding carboxylic acids is 2. The zero-order valence-electron chi connectivity index (χ0n) is 17.8. The summed E-state index contributed by atoms with van der Waals surface area (Å²) in [4.78, 5) is 28.8. The van der Waals surface area contributed by atoms with Gasteiger partial charge in [0.05, 0.1) is 18.1 Å². The van der Waals surface area contributed by atoms with Crippen LogP contribution in [0.25, 0.3) is 11.0 Å². The van der Waals surface area contributed by atoms with Gasteiger partial charge in [-0.15, -0.1) is 0 Å². The number of urea groups is 1. The number of rotatable bonds is 7. The largest absolute Gasteiger partial charge is 0.334 e. The van der Waals surface area contributed by atoms with Gasteiger partial charge >= 0.3 is 6.03 Å². The van der Waals surface area contributed by atoms with Crippen LogP contribution >= 0.6 is 0 Å². The maximum Gasteiger partial charge on any atom is 0.319 e. The summed E-state index contributed by atoms with van der Waals surface area (Å²) in [6, 6.07) is 9.16. The summed E-state index contributed by atoms with van der Waals surface area (Å²) in [5, 5.41) is 13.7. The Morgan fingerprint density at radius 1 is 1.07 bits per heavy atom. The molecule has 3 rings (SSSR count). The lowest BCUT2D eigenvalue weighted by Crippen LogP contribution is -2.28. The van der Waals surface area contributed by atoms with E-state index in [1.165, 1.54) is 0 Å². The van der Waals surface area contributed by atoms with E-state index < -0.39 is 0 Å². The van der Waals surface area contributed by atoms with Crippen molar-refractivity contribution in [1.29, 1.82) is 0 Å². The maximum absolute atomic E-state index is 12.3. The Kier molecular flexibility index (Phi) is 6.66. The SMILES string of the molecule is CC[C@H](C)C(=O)Nc1cccc(CNC(=O)Nc2cnc3c(cnn3C(C)C)c2)c1. The second-order valence-electron chi connectivity index (χ2n) is 7.63. The normalized spacial score (nSPS) is 12.0. The molecule has 0 saturated carbocycles. The average Bonchev–Trinajstić information content (AvgIpc) is 3.15. The third-order valence-electron chi connectivity index (χ3n) is 4.89. The Bertz CT molecular complexity index is 1040. The highest BCUT2D eigenvalue weighted by atomic mass is 16.2. The van der Waals surface area contributed by atoms with Crippen LogP contribution in [0.5, 0.6) is 0 Å². The van der Waals surface area contributed by atoms with Crippen molar-refractivity contribution in [3.8, 4) is 0 Å². The van der Waals surface area contributed by atoms with Gasteiger partial charge in [-0.2, -0.15) is 5.10 Å². The van der Waals surface area contributed by atoms with Crippen LogP contribution in [-0.4, -0.2) is 26.7 Å². The van der Waals surface area contributed by atoms with Crippen LogP contribution in [0.4, 0.5) is 16.2 Å². The molecular weight excluding hydrogens is 380 g/mol. The number of benzene rings is 1. The quantitative estimate of drug-likeness (QED) is 0.542. The Balaban J connectivity index is 1.57. The molecule has 0 unspecified atom stereocenters. The van der Waals surface area contributed by atoms with Crippen LogP contribution in [0.3, 0.4) is 0 Å². The first-order valence-corrected chi connectivity index (χ1v) is 10.1. The van der Waals surface area contributed by atoms with E-state index in [-0.39, 0.29) is 23.9 Å². The number of hydrogen-bond acceptors (Lipinski definition) is 4. The predicted octanol–water partition coefficient (Wildman–Crippen LogP) is 4.32. The Hall–Kier alpha value is -3.42. The lowest BCUT2D eigenvalue weighted by Gasteiger charge is -2.12. The molecule has 0 radical (unpaired) electrons. The van der Waals surface area contributed by atoms with Gasteiger partial charge < -0.3 is 16.0 Å². The van der Waals surface area contributed by atoms with Crippen molar-refractivity contribution in [2.75, 3.05) is 10.6 Å². The molecule has 1 atom stereocenters. The fourth-order valence-corrected chi connectivity index (χ4v) is 2.95. The van der Waals surface area contributed by atoms with Crippen LogP contribution in [0.1, 0.15) is 45.7 Å². The van der Waals surface area contributed by atoms with Gasteiger partial charge in [-0.3, -0.25) is 4.79 Å². The highest BCUT2D eigenvalue weighted by Crippen LogP contribution is 2.19. The monoisotopic (exact) mass is 408 g/mol. The standard InChI is InChI=1S/C22H28N6O2/c1-5-15(4)21(29)26-18-8-6-7-16(9-18)11-24-22(30)27-19-10-17-12-25-28(14(2)3)20(17)23-13-19/h6-10,12-15H,5,11H2,1-4H3,(H,26,29)(H2,24,27,30)/t15-/m0/s1. The molecule has 3 aromatic rings. The Morgan fingerprint density at radius 2 is 1.87 bits per heavy atom. The molecule has 0 aliphatic carbocycles. The molecule has 0 spiro atoms. The minimum absolute atomic E-state index is 0.0102. The summed E-state index contributed by atoms with van der Waals surface area (Å²) in [5.41, 5.74) is 2.99. The van der Waals surface area contributed by atoms with Gasteiger partial charge in [0.25, 0.3) is 0 Å². The van der Waals surface area contributed by atoms with Crippen molar-refractivity contribution in [2.24, 2.45) is 5.92 Å². The molecule has 2 heterocycles. The summed E-state index contributed by atoms with van der Waals surface area (Å²) in [6.07, 6.45) is 4.14. The van der Waals surface area contributed by atoms with E-state index in [9.17, 15) is 9.59 Å². The van der Waals surface area contributed by atoms with Crippen molar-refractivity contribution >= 4 is 34.3 Å². The third kappa shape index (κ3) is 5.14. The number of nitrogens with one attached hydrogen (secondary N) is 3. The lowest BCUT2D eigenvalue weighted by molar-refractivity contribution is -0.119. The number of anilines is 2. The predicted molar refractivity (Wildman–Crippen MR) is 118 cm³/mol. The minimum Gasteiger partial charge on any atom is -0.334 e. The van der Waals surface area contributed by atoms with E-state index in [0.717, 1.165) is 28.7 Å². The maximum atomic E-state index is 12.3. The second kappa shape index (κ2) is 9.39. The first-order chi connectivity index (χ1) is 14.4. The van der Waals surface area contributed by atoms with Gasteiger partial charge in [-0.05, 0) is 44.0 Å². The number of aromatic nitrogens is 3. The summed E-state index contributed by atoms with van der Waals surface area (Å²) in [5.74, 6) is -0.0554. The van der Waals surface area contributed by atoms with E-state index in [4.69, 9.17) is 0 Å². The van der Waals surface area contributed by atoms with Crippen molar-refractivity contribution in [2.45, 2.75) is 46.7 Å². The number of hydrogen-bond donors (Lipinski definition) is 3. The molecule has 0 fully saturated rings. The van der Waals surface area contributed by atoms with Crippen LogP contribution in [0.2, 0.25) is 0 Å². The first kappa shape index (κ1) is 21.3. The number of nitrogens with zero attached hydrogens (tertiary/aromatic N) is 3. The zero-order valence-corrected chi connectivity index (χ0v) is 17.8. The van der Waals surface area contributed by atoms with E-state index in [1.54, 1.807) is 12.4 Å². The van der Waals surface area contributed by atoms with Gasteiger partial charge in [0.15, 0.2) is 5.65 Å². The van der Waals surface area contributed by atoms with E-state index in [0.29, 0.717) is 12.2 Å². The average molecular weight is 409 g/mol. The number of fused-ring (bicyclic) bond motifs is 1. The summed E-state index contributed by atoms with van der Waals surface area (Å²) < 4.78 is 1.84. The van der Waals surface area contributed by atoms with E-state index in [1.807, 2.05) is 62.7 Å². The fourth-order valence-electron chi connectivity index (χ4n) is 2.95. The minimum atomic E-state index is -0.332. The van der Waals surface area contributed by atoms with E-state index >= 15 is 0 Å². The number of amides is 3. The molecule has 0 bridgehead atoms. The molecule has 158 valence electrons. The van der Waals surface area contributed by atoms with Gasteiger partial charge in [0, 0.05) is 29.6 Å². The van der Waals surface area contributed by atoms with Crippen molar-refractivity contribution < 1.29 is 9.59 Å². The van der Waals surface area contributed by atoms with Crippen LogP contribution in [-0.2, 0) is 11.3 Å². The van der Waals surface area contributed by atoms with Gasteiger partial charge in [-0.1, -0.05) is 26.0 Å². The topological polar surface area (TPSA) is 101 Å². The van der Waals surface area contributed by atoms with E-state index in [2.05, 4.69) is 26.0 Å². The second-order valence-corrected chi connectivity index (χ2v) is 7.63. The molecular formula is C22H28N6O2. The smallest absolute Gasteiger partial charge is 0.319 e. The molecule has 3 N–H and O–H groups in total. The first-order valence-electron chi connectivity index (χ1n) is 10.1. The van der Waals surface area contributed by atoms with Gasteiger partial charge in [0.1, 0.15) is 0 Å². The summed E-state index contributed by atoms with van der Waals surface area (Å²) >= 11 is 0. The number of carbonyl (C=O) groups is 2. The Morgan fingerprint density at radius 3 is 2.60 bits per heavy atom. The van der Waals surface area contributed by atoms with Crippen LogP contribution in [0, 0.1) is 5.92 Å². The van der Waals surface area contributed by atoms with Crippen molar-refractivity contribution in [3.05, 3.63) is 48.3 Å². The zero-order chi connectivity index (χ0) is 21.7. The molecule has 3 amide bonds. The molecule has 30 heavy (non-hydrogen) atoms. The highest BCUT2D eigenvalue weighted by molar-refractivity contribution is 5.93. The van der Waals surface area contributed by atoms with Gasteiger partial charge in [0.2, 0.25) is 5.91 Å². The van der Waals surface area contributed by atoms with Crippen molar-refractivity contribution in [3.63, 3.8) is 0 Å².